The highest BCUT2D eigenvalue weighted by atomic mass is 16.3. The van der Waals surface area contributed by atoms with Crippen molar-refractivity contribution in [2.45, 2.75) is 32.2 Å². The van der Waals surface area contributed by atoms with Crippen LogP contribution in [-0.4, -0.2) is 24.3 Å². The van der Waals surface area contributed by atoms with Crippen LogP contribution in [0.3, 0.4) is 0 Å². The Balaban J connectivity index is 1.74. The van der Waals surface area contributed by atoms with Crippen molar-refractivity contribution >= 4 is 0 Å². The average Bonchev–Trinajstić information content (AvgIpc) is 2.80. The van der Waals surface area contributed by atoms with E-state index in [-0.39, 0.29) is 6.61 Å². The number of nitrogens with one attached hydrogen (secondary N) is 1. The van der Waals surface area contributed by atoms with Gasteiger partial charge < -0.3 is 10.4 Å². The summed E-state index contributed by atoms with van der Waals surface area (Å²) in [6.45, 7) is 3.48. The standard InChI is InChI=1S/C12H21NO/c1-2-12(8-14)13-7-11-6-9-3-4-10(11)5-9/h3-4,9-14H,2,5-8H2,1H3/t9-,10-,11+,12-/m0/s1. The van der Waals surface area contributed by atoms with E-state index in [1.165, 1.54) is 12.8 Å². The van der Waals surface area contributed by atoms with Crippen LogP contribution in [-0.2, 0) is 0 Å². The summed E-state index contributed by atoms with van der Waals surface area (Å²) in [6.07, 6.45) is 8.52. The smallest absolute Gasteiger partial charge is 0.0584 e. The molecule has 1 saturated carbocycles. The number of hydrogen-bond donors (Lipinski definition) is 2. The van der Waals surface area contributed by atoms with Gasteiger partial charge in [-0.25, -0.2) is 0 Å². The highest BCUT2D eigenvalue weighted by Crippen LogP contribution is 2.42. The number of aliphatic hydroxyl groups is 1. The zero-order valence-electron chi connectivity index (χ0n) is 8.95. The van der Waals surface area contributed by atoms with Crippen LogP contribution in [0.25, 0.3) is 0 Å². The van der Waals surface area contributed by atoms with E-state index in [4.69, 9.17) is 5.11 Å². The molecule has 14 heavy (non-hydrogen) atoms. The van der Waals surface area contributed by atoms with Crippen molar-refractivity contribution < 1.29 is 5.11 Å². The second kappa shape index (κ2) is 4.45. The Morgan fingerprint density at radius 3 is 2.79 bits per heavy atom. The first kappa shape index (κ1) is 10.2. The van der Waals surface area contributed by atoms with Gasteiger partial charge in [-0.3, -0.25) is 0 Å². The molecule has 2 aliphatic rings. The Labute approximate surface area is 86.4 Å². The third-order valence-corrected chi connectivity index (χ3v) is 3.80. The number of allylic oxidation sites excluding steroid dienone is 2. The fourth-order valence-electron chi connectivity index (χ4n) is 2.79. The van der Waals surface area contributed by atoms with Gasteiger partial charge >= 0.3 is 0 Å². The fourth-order valence-corrected chi connectivity index (χ4v) is 2.79. The van der Waals surface area contributed by atoms with Crippen molar-refractivity contribution in [3.63, 3.8) is 0 Å². The molecule has 2 heteroatoms. The molecule has 0 aromatic carbocycles. The maximum Gasteiger partial charge on any atom is 0.0584 e. The maximum atomic E-state index is 9.06. The first-order chi connectivity index (χ1) is 6.83. The molecule has 0 amide bonds. The lowest BCUT2D eigenvalue weighted by Crippen LogP contribution is -2.36. The molecule has 0 saturated heterocycles. The van der Waals surface area contributed by atoms with Crippen molar-refractivity contribution in [2.24, 2.45) is 17.8 Å². The van der Waals surface area contributed by atoms with Crippen LogP contribution in [0.1, 0.15) is 26.2 Å². The van der Waals surface area contributed by atoms with Crippen LogP contribution in [0.5, 0.6) is 0 Å². The molecule has 2 nitrogen and oxygen atoms in total. The second-order valence-corrected chi connectivity index (χ2v) is 4.74. The number of aliphatic hydroxyl groups excluding tert-OH is 1. The van der Waals surface area contributed by atoms with Crippen LogP contribution in [0, 0.1) is 17.8 Å². The van der Waals surface area contributed by atoms with Gasteiger partial charge in [-0.2, -0.15) is 0 Å². The van der Waals surface area contributed by atoms with Gasteiger partial charge in [0, 0.05) is 6.04 Å². The van der Waals surface area contributed by atoms with Gasteiger partial charge in [-0.05, 0) is 43.6 Å². The zero-order valence-corrected chi connectivity index (χ0v) is 8.95. The summed E-state index contributed by atoms with van der Waals surface area (Å²) in [7, 11) is 0. The topological polar surface area (TPSA) is 32.3 Å². The number of hydrogen-bond acceptors (Lipinski definition) is 2. The number of fused-ring (bicyclic) bond motifs is 2. The predicted octanol–water partition coefficient (Wildman–Crippen LogP) is 1.56. The van der Waals surface area contributed by atoms with Gasteiger partial charge in [-0.15, -0.1) is 0 Å². The minimum atomic E-state index is 0.271. The van der Waals surface area contributed by atoms with E-state index in [0.717, 1.165) is 30.7 Å². The van der Waals surface area contributed by atoms with Gasteiger partial charge in [0.1, 0.15) is 0 Å². The summed E-state index contributed by atoms with van der Waals surface area (Å²) in [4.78, 5) is 0. The molecule has 0 spiro atoms. The van der Waals surface area contributed by atoms with Gasteiger partial charge in [0.25, 0.3) is 0 Å². The molecule has 80 valence electrons. The van der Waals surface area contributed by atoms with E-state index >= 15 is 0 Å². The highest BCUT2D eigenvalue weighted by molar-refractivity contribution is 5.10. The lowest BCUT2D eigenvalue weighted by Gasteiger charge is -2.22. The Morgan fingerprint density at radius 2 is 2.29 bits per heavy atom. The Bertz CT molecular complexity index is 210. The quantitative estimate of drug-likeness (QED) is 0.652. The maximum absolute atomic E-state index is 9.06. The summed E-state index contributed by atoms with van der Waals surface area (Å²) < 4.78 is 0. The zero-order chi connectivity index (χ0) is 9.97. The molecule has 0 heterocycles. The van der Waals surface area contributed by atoms with Gasteiger partial charge in [0.05, 0.1) is 6.61 Å². The molecule has 2 bridgehead atoms. The van der Waals surface area contributed by atoms with Crippen LogP contribution in [0.15, 0.2) is 12.2 Å². The molecular weight excluding hydrogens is 174 g/mol. The Hall–Kier alpha value is -0.340. The third kappa shape index (κ3) is 2.01. The highest BCUT2D eigenvalue weighted by Gasteiger charge is 2.35. The van der Waals surface area contributed by atoms with Crippen LogP contribution in [0.2, 0.25) is 0 Å². The van der Waals surface area contributed by atoms with E-state index in [1.54, 1.807) is 0 Å². The van der Waals surface area contributed by atoms with E-state index in [1.807, 2.05) is 0 Å². The average molecular weight is 195 g/mol. The minimum Gasteiger partial charge on any atom is -0.395 e. The normalized spacial score (nSPS) is 36.6. The van der Waals surface area contributed by atoms with Crippen molar-refractivity contribution in [2.75, 3.05) is 13.2 Å². The molecule has 0 aliphatic heterocycles. The number of rotatable bonds is 5. The van der Waals surface area contributed by atoms with Crippen LogP contribution >= 0.6 is 0 Å². The summed E-state index contributed by atoms with van der Waals surface area (Å²) in [5, 5.41) is 12.5. The lowest BCUT2D eigenvalue weighted by atomic mass is 9.93. The molecule has 2 rings (SSSR count). The van der Waals surface area contributed by atoms with E-state index < -0.39 is 0 Å². The monoisotopic (exact) mass is 195 g/mol. The van der Waals surface area contributed by atoms with Crippen molar-refractivity contribution in [1.82, 2.24) is 5.32 Å². The van der Waals surface area contributed by atoms with Crippen molar-refractivity contribution in [3.05, 3.63) is 12.2 Å². The minimum absolute atomic E-state index is 0.271. The molecule has 0 aromatic heterocycles. The third-order valence-electron chi connectivity index (χ3n) is 3.80. The van der Waals surface area contributed by atoms with E-state index in [0.29, 0.717) is 6.04 Å². The van der Waals surface area contributed by atoms with E-state index in [9.17, 15) is 0 Å². The van der Waals surface area contributed by atoms with Crippen LogP contribution in [0.4, 0.5) is 0 Å². The first-order valence-electron chi connectivity index (χ1n) is 5.86. The molecule has 0 unspecified atom stereocenters. The molecule has 4 atom stereocenters. The SMILES string of the molecule is CC[C@@H](CO)NC[C@H]1C[C@H]2C=C[C@H]1C2. The van der Waals surface area contributed by atoms with Gasteiger partial charge in [0.2, 0.25) is 0 Å². The van der Waals surface area contributed by atoms with Crippen LogP contribution < -0.4 is 5.32 Å². The molecule has 0 radical (unpaired) electrons. The molecule has 1 fully saturated rings. The van der Waals surface area contributed by atoms with E-state index in [2.05, 4.69) is 24.4 Å². The molecule has 2 N–H and O–H groups in total. The van der Waals surface area contributed by atoms with Gasteiger partial charge in [0.15, 0.2) is 0 Å². The van der Waals surface area contributed by atoms with Crippen molar-refractivity contribution in [3.8, 4) is 0 Å². The summed E-state index contributed by atoms with van der Waals surface area (Å²) >= 11 is 0. The Morgan fingerprint density at radius 1 is 1.43 bits per heavy atom. The molecular formula is C12H21NO. The first-order valence-corrected chi connectivity index (χ1v) is 5.86. The fraction of sp³-hybridized carbons (Fsp3) is 0.833. The summed E-state index contributed by atoms with van der Waals surface area (Å²) in [5.41, 5.74) is 0. The summed E-state index contributed by atoms with van der Waals surface area (Å²) in [6, 6.07) is 0.304. The Kier molecular flexibility index (Phi) is 3.24. The predicted molar refractivity (Wildman–Crippen MR) is 58.0 cm³/mol. The summed E-state index contributed by atoms with van der Waals surface area (Å²) in [5.74, 6) is 2.51. The largest absolute Gasteiger partial charge is 0.395 e. The van der Waals surface area contributed by atoms with Crippen molar-refractivity contribution in [1.29, 1.82) is 0 Å². The lowest BCUT2D eigenvalue weighted by molar-refractivity contribution is 0.230. The second-order valence-electron chi connectivity index (χ2n) is 4.74. The van der Waals surface area contributed by atoms with Gasteiger partial charge in [-0.1, -0.05) is 19.1 Å². The molecule has 2 aliphatic carbocycles. The molecule has 0 aromatic rings.